The van der Waals surface area contributed by atoms with Crippen molar-refractivity contribution in [3.05, 3.63) is 40.9 Å². The molecule has 0 aliphatic carbocycles. The zero-order valence-electron chi connectivity index (χ0n) is 7.38. The fraction of sp³-hybridized carbons (Fsp3) is 0.100. The highest BCUT2D eigenvalue weighted by Crippen LogP contribution is 2.36. The molecule has 14 heavy (non-hydrogen) atoms. The highest BCUT2D eigenvalue weighted by molar-refractivity contribution is 9.10. The summed E-state index contributed by atoms with van der Waals surface area (Å²) in [5.41, 5.74) is 6.34. The molecule has 4 heteroatoms. The Morgan fingerprint density at radius 2 is 2.29 bits per heavy atom. The summed E-state index contributed by atoms with van der Waals surface area (Å²) in [4.78, 5) is 11.6. The molecule has 0 spiro atoms. The first kappa shape index (κ1) is 9.43. The van der Waals surface area contributed by atoms with E-state index in [0.717, 1.165) is 15.7 Å². The van der Waals surface area contributed by atoms with Gasteiger partial charge in [-0.15, -0.1) is 6.58 Å². The zero-order chi connectivity index (χ0) is 10.3. The first-order chi connectivity index (χ1) is 6.58. The van der Waals surface area contributed by atoms with Gasteiger partial charge < -0.3 is 11.1 Å². The standard InChI is InChI=1S/C10H9BrN2O/c1-2-10(12)7-4-3-6(11)5-8(7)13-9(10)14/h2-5H,1,12H2,(H,13,14)/t10-/m1/s1. The number of amides is 1. The summed E-state index contributed by atoms with van der Waals surface area (Å²) >= 11 is 3.33. The molecule has 0 saturated heterocycles. The van der Waals surface area contributed by atoms with Gasteiger partial charge >= 0.3 is 0 Å². The molecule has 0 fully saturated rings. The number of nitrogens with one attached hydrogen (secondary N) is 1. The van der Waals surface area contributed by atoms with E-state index in [4.69, 9.17) is 5.73 Å². The molecule has 0 unspecified atom stereocenters. The normalized spacial score (nSPS) is 24.3. The minimum absolute atomic E-state index is 0.236. The third kappa shape index (κ3) is 1.11. The molecule has 3 nitrogen and oxygen atoms in total. The van der Waals surface area contributed by atoms with Gasteiger partial charge in [0, 0.05) is 15.7 Å². The van der Waals surface area contributed by atoms with Crippen LogP contribution in [0.1, 0.15) is 5.56 Å². The second kappa shape index (κ2) is 2.93. The highest BCUT2D eigenvalue weighted by atomic mass is 79.9. The topological polar surface area (TPSA) is 55.1 Å². The van der Waals surface area contributed by atoms with Crippen LogP contribution in [0.25, 0.3) is 0 Å². The Morgan fingerprint density at radius 1 is 1.57 bits per heavy atom. The van der Waals surface area contributed by atoms with E-state index in [9.17, 15) is 4.79 Å². The molecule has 1 aromatic rings. The lowest BCUT2D eigenvalue weighted by Gasteiger charge is -2.16. The number of halogens is 1. The number of carbonyl (C=O) groups is 1. The molecule has 1 aliphatic rings. The van der Waals surface area contributed by atoms with Crippen molar-refractivity contribution in [3.8, 4) is 0 Å². The Balaban J connectivity index is 2.64. The summed E-state index contributed by atoms with van der Waals surface area (Å²) in [6.45, 7) is 3.59. The molecule has 1 aliphatic heterocycles. The van der Waals surface area contributed by atoms with Crippen LogP contribution in [0.5, 0.6) is 0 Å². The van der Waals surface area contributed by atoms with E-state index in [1.807, 2.05) is 18.2 Å². The Kier molecular flexibility index (Phi) is 1.97. The molecule has 1 aromatic carbocycles. The zero-order valence-corrected chi connectivity index (χ0v) is 8.97. The van der Waals surface area contributed by atoms with Crippen LogP contribution < -0.4 is 11.1 Å². The number of rotatable bonds is 1. The van der Waals surface area contributed by atoms with E-state index in [0.29, 0.717) is 0 Å². The number of hydrogen-bond donors (Lipinski definition) is 2. The van der Waals surface area contributed by atoms with E-state index in [1.165, 1.54) is 6.08 Å². The lowest BCUT2D eigenvalue weighted by atomic mass is 9.93. The van der Waals surface area contributed by atoms with Gasteiger partial charge in [0.05, 0.1) is 0 Å². The quantitative estimate of drug-likeness (QED) is 0.749. The largest absolute Gasteiger partial charge is 0.323 e. The van der Waals surface area contributed by atoms with Crippen LogP contribution in [0.4, 0.5) is 5.69 Å². The first-order valence-corrected chi connectivity index (χ1v) is 4.91. The SMILES string of the molecule is C=C[C@]1(N)C(=O)Nc2cc(Br)ccc21. The van der Waals surface area contributed by atoms with Crippen LogP contribution in [-0.2, 0) is 10.3 Å². The monoisotopic (exact) mass is 252 g/mol. The summed E-state index contributed by atoms with van der Waals surface area (Å²) in [7, 11) is 0. The molecule has 0 saturated carbocycles. The third-order valence-corrected chi connectivity index (χ3v) is 2.87. The minimum atomic E-state index is -1.09. The molecule has 72 valence electrons. The molecule has 3 N–H and O–H groups in total. The van der Waals surface area contributed by atoms with Crippen molar-refractivity contribution in [2.75, 3.05) is 5.32 Å². The van der Waals surface area contributed by atoms with Crippen molar-refractivity contribution in [3.63, 3.8) is 0 Å². The maximum absolute atomic E-state index is 11.6. The van der Waals surface area contributed by atoms with Gasteiger partial charge in [-0.1, -0.05) is 28.1 Å². The molecule has 0 aromatic heterocycles. The fourth-order valence-corrected chi connectivity index (χ4v) is 1.89. The van der Waals surface area contributed by atoms with E-state index >= 15 is 0 Å². The number of fused-ring (bicyclic) bond motifs is 1. The number of anilines is 1. The number of hydrogen-bond acceptors (Lipinski definition) is 2. The molecule has 1 atom stereocenters. The summed E-state index contributed by atoms with van der Waals surface area (Å²) in [5.74, 6) is -0.236. The van der Waals surface area contributed by atoms with E-state index < -0.39 is 5.54 Å². The van der Waals surface area contributed by atoms with Gasteiger partial charge in [0.1, 0.15) is 5.54 Å². The van der Waals surface area contributed by atoms with Crippen LogP contribution in [0.3, 0.4) is 0 Å². The number of benzene rings is 1. The average Bonchev–Trinajstić information content (AvgIpc) is 2.39. The summed E-state index contributed by atoms with van der Waals surface area (Å²) in [6, 6.07) is 5.49. The molecule has 0 radical (unpaired) electrons. The maximum atomic E-state index is 11.6. The Hall–Kier alpha value is -1.13. The highest BCUT2D eigenvalue weighted by Gasteiger charge is 2.40. The lowest BCUT2D eigenvalue weighted by molar-refractivity contribution is -0.119. The smallest absolute Gasteiger partial charge is 0.253 e. The van der Waals surface area contributed by atoms with Crippen molar-refractivity contribution in [2.24, 2.45) is 5.73 Å². The molecule has 0 bridgehead atoms. The Morgan fingerprint density at radius 3 is 2.93 bits per heavy atom. The average molecular weight is 253 g/mol. The van der Waals surface area contributed by atoms with E-state index in [2.05, 4.69) is 27.8 Å². The van der Waals surface area contributed by atoms with E-state index in [-0.39, 0.29) is 5.91 Å². The van der Waals surface area contributed by atoms with Crippen molar-refractivity contribution >= 4 is 27.5 Å². The van der Waals surface area contributed by atoms with Crippen LogP contribution in [-0.4, -0.2) is 5.91 Å². The van der Waals surface area contributed by atoms with Gasteiger partial charge in [-0.3, -0.25) is 4.79 Å². The second-order valence-electron chi connectivity index (χ2n) is 3.22. The van der Waals surface area contributed by atoms with Crippen molar-refractivity contribution in [1.82, 2.24) is 0 Å². The molecule has 1 heterocycles. The summed E-state index contributed by atoms with van der Waals surface area (Å²) < 4.78 is 0.907. The second-order valence-corrected chi connectivity index (χ2v) is 4.13. The first-order valence-electron chi connectivity index (χ1n) is 4.12. The molecular weight excluding hydrogens is 244 g/mol. The van der Waals surface area contributed by atoms with Crippen LogP contribution in [0, 0.1) is 0 Å². The summed E-state index contributed by atoms with van der Waals surface area (Å²) in [5, 5.41) is 2.71. The molecule has 2 rings (SSSR count). The van der Waals surface area contributed by atoms with Crippen molar-refractivity contribution < 1.29 is 4.79 Å². The molecule has 1 amide bonds. The van der Waals surface area contributed by atoms with Gasteiger partial charge in [0.25, 0.3) is 5.91 Å². The third-order valence-electron chi connectivity index (χ3n) is 2.37. The Labute approximate surface area is 90.1 Å². The minimum Gasteiger partial charge on any atom is -0.323 e. The predicted molar refractivity (Wildman–Crippen MR) is 58.8 cm³/mol. The van der Waals surface area contributed by atoms with Gasteiger partial charge in [-0.25, -0.2) is 0 Å². The number of carbonyl (C=O) groups excluding carboxylic acids is 1. The van der Waals surface area contributed by atoms with Gasteiger partial charge in [-0.05, 0) is 12.1 Å². The van der Waals surface area contributed by atoms with Crippen LogP contribution in [0.2, 0.25) is 0 Å². The van der Waals surface area contributed by atoms with Gasteiger partial charge in [-0.2, -0.15) is 0 Å². The Bertz CT molecular complexity index is 430. The number of nitrogens with two attached hydrogens (primary N) is 1. The van der Waals surface area contributed by atoms with Gasteiger partial charge in [0.2, 0.25) is 0 Å². The van der Waals surface area contributed by atoms with Crippen molar-refractivity contribution in [1.29, 1.82) is 0 Å². The van der Waals surface area contributed by atoms with Crippen LogP contribution in [0.15, 0.2) is 35.3 Å². The van der Waals surface area contributed by atoms with E-state index in [1.54, 1.807) is 0 Å². The fourth-order valence-electron chi connectivity index (χ4n) is 1.53. The van der Waals surface area contributed by atoms with Gasteiger partial charge in [0.15, 0.2) is 0 Å². The predicted octanol–water partition coefficient (Wildman–Crippen LogP) is 1.74. The van der Waals surface area contributed by atoms with Crippen LogP contribution >= 0.6 is 15.9 Å². The summed E-state index contributed by atoms with van der Waals surface area (Å²) in [6.07, 6.45) is 1.46. The maximum Gasteiger partial charge on any atom is 0.253 e. The van der Waals surface area contributed by atoms with Crippen molar-refractivity contribution in [2.45, 2.75) is 5.54 Å². The molecular formula is C10H9BrN2O. The lowest BCUT2D eigenvalue weighted by Crippen LogP contribution is -2.41.